The summed E-state index contributed by atoms with van der Waals surface area (Å²) in [7, 11) is 0. The monoisotopic (exact) mass is 297 g/mol. The third-order valence-corrected chi connectivity index (χ3v) is 3.41. The van der Waals surface area contributed by atoms with E-state index in [1.807, 2.05) is 26.0 Å². The number of pyridine rings is 1. The van der Waals surface area contributed by atoms with Crippen molar-refractivity contribution in [3.8, 4) is 0 Å². The average Bonchev–Trinajstić information content (AvgIpc) is 2.54. The Kier molecular flexibility index (Phi) is 5.25. The van der Waals surface area contributed by atoms with Crippen molar-refractivity contribution in [1.29, 1.82) is 0 Å². The van der Waals surface area contributed by atoms with Crippen molar-refractivity contribution in [3.05, 3.63) is 65.0 Å². The van der Waals surface area contributed by atoms with Gasteiger partial charge in [0.25, 0.3) is 11.8 Å². The number of benzene rings is 1. The molecule has 2 rings (SSSR count). The first-order valence-electron chi connectivity index (χ1n) is 7.11. The van der Waals surface area contributed by atoms with E-state index in [4.69, 9.17) is 0 Å². The quantitative estimate of drug-likeness (QED) is 0.828. The maximum atomic E-state index is 12.0. The van der Waals surface area contributed by atoms with Crippen LogP contribution in [-0.2, 0) is 0 Å². The second-order valence-electron chi connectivity index (χ2n) is 5.05. The number of rotatable bonds is 5. The largest absolute Gasteiger partial charge is 0.350 e. The molecule has 0 aliphatic heterocycles. The third-order valence-electron chi connectivity index (χ3n) is 3.41. The molecular weight excluding hydrogens is 278 g/mol. The van der Waals surface area contributed by atoms with Crippen LogP contribution in [0.4, 0.5) is 0 Å². The molecule has 1 aromatic heterocycles. The molecule has 0 saturated heterocycles. The van der Waals surface area contributed by atoms with E-state index in [1.165, 1.54) is 0 Å². The fourth-order valence-electron chi connectivity index (χ4n) is 1.94. The van der Waals surface area contributed by atoms with E-state index in [1.54, 1.807) is 30.6 Å². The number of aryl methyl sites for hydroxylation is 2. The summed E-state index contributed by atoms with van der Waals surface area (Å²) >= 11 is 0. The molecule has 1 aromatic carbocycles. The molecule has 22 heavy (non-hydrogen) atoms. The van der Waals surface area contributed by atoms with E-state index < -0.39 is 0 Å². The van der Waals surface area contributed by atoms with Crippen molar-refractivity contribution < 1.29 is 9.59 Å². The Morgan fingerprint density at radius 2 is 1.45 bits per heavy atom. The van der Waals surface area contributed by atoms with Gasteiger partial charge >= 0.3 is 0 Å². The lowest BCUT2D eigenvalue weighted by Crippen LogP contribution is -2.34. The van der Waals surface area contributed by atoms with Crippen LogP contribution >= 0.6 is 0 Å². The molecule has 2 aromatic rings. The Bertz CT molecular complexity index is 669. The minimum atomic E-state index is -0.178. The second kappa shape index (κ2) is 7.36. The predicted molar refractivity (Wildman–Crippen MR) is 84.8 cm³/mol. The highest BCUT2D eigenvalue weighted by atomic mass is 16.2. The number of carbonyl (C=O) groups is 2. The van der Waals surface area contributed by atoms with Crippen molar-refractivity contribution in [2.24, 2.45) is 0 Å². The highest BCUT2D eigenvalue weighted by Crippen LogP contribution is 2.09. The summed E-state index contributed by atoms with van der Waals surface area (Å²) in [6, 6.07) is 8.87. The van der Waals surface area contributed by atoms with Crippen LogP contribution in [0.25, 0.3) is 0 Å². The van der Waals surface area contributed by atoms with Gasteiger partial charge in [-0.05, 0) is 49.2 Å². The van der Waals surface area contributed by atoms with Gasteiger partial charge in [0.05, 0.1) is 0 Å². The van der Waals surface area contributed by atoms with Crippen molar-refractivity contribution in [3.63, 3.8) is 0 Å². The molecule has 5 heteroatoms. The summed E-state index contributed by atoms with van der Waals surface area (Å²) in [5.41, 5.74) is 3.42. The molecule has 2 amide bonds. The molecule has 0 atom stereocenters. The minimum Gasteiger partial charge on any atom is -0.350 e. The Labute approximate surface area is 129 Å². The summed E-state index contributed by atoms with van der Waals surface area (Å²) in [6.07, 6.45) is 3.13. The van der Waals surface area contributed by atoms with Gasteiger partial charge in [-0.15, -0.1) is 0 Å². The fourth-order valence-corrected chi connectivity index (χ4v) is 1.94. The van der Waals surface area contributed by atoms with Gasteiger partial charge in [-0.3, -0.25) is 14.6 Å². The predicted octanol–water partition coefficient (Wildman–Crippen LogP) is 1.86. The molecule has 0 aliphatic carbocycles. The van der Waals surface area contributed by atoms with Gasteiger partial charge in [-0.25, -0.2) is 0 Å². The molecular formula is C17H19N3O2. The number of carbonyl (C=O) groups excluding carboxylic acids is 2. The van der Waals surface area contributed by atoms with Gasteiger partial charge in [0.1, 0.15) is 0 Å². The molecule has 1 heterocycles. The standard InChI is InChI=1S/C17H19N3O2/c1-12-3-4-15(11-13(12)2)17(22)20-10-9-19-16(21)14-5-7-18-8-6-14/h3-8,11H,9-10H2,1-2H3,(H,19,21)(H,20,22). The summed E-state index contributed by atoms with van der Waals surface area (Å²) in [5.74, 6) is -0.316. The van der Waals surface area contributed by atoms with Crippen molar-refractivity contribution >= 4 is 11.8 Å². The molecule has 0 aliphatic rings. The van der Waals surface area contributed by atoms with E-state index in [-0.39, 0.29) is 11.8 Å². The summed E-state index contributed by atoms with van der Waals surface area (Å²) in [5, 5.41) is 5.53. The third kappa shape index (κ3) is 4.15. The molecule has 0 unspecified atom stereocenters. The van der Waals surface area contributed by atoms with Crippen LogP contribution in [0.15, 0.2) is 42.7 Å². The summed E-state index contributed by atoms with van der Waals surface area (Å²) in [6.45, 7) is 4.73. The van der Waals surface area contributed by atoms with E-state index in [2.05, 4.69) is 15.6 Å². The van der Waals surface area contributed by atoms with Crippen molar-refractivity contribution in [2.45, 2.75) is 13.8 Å². The molecule has 5 nitrogen and oxygen atoms in total. The topological polar surface area (TPSA) is 71.1 Å². The first-order valence-corrected chi connectivity index (χ1v) is 7.11. The second-order valence-corrected chi connectivity index (χ2v) is 5.05. The number of nitrogens with zero attached hydrogens (tertiary/aromatic N) is 1. The maximum Gasteiger partial charge on any atom is 0.251 e. The first kappa shape index (κ1) is 15.7. The summed E-state index contributed by atoms with van der Waals surface area (Å²) in [4.78, 5) is 27.6. The van der Waals surface area contributed by atoms with E-state index in [0.717, 1.165) is 11.1 Å². The molecule has 0 spiro atoms. The van der Waals surface area contributed by atoms with Crippen LogP contribution in [0.2, 0.25) is 0 Å². The van der Waals surface area contributed by atoms with Gasteiger partial charge < -0.3 is 10.6 Å². The smallest absolute Gasteiger partial charge is 0.251 e. The number of amides is 2. The highest BCUT2D eigenvalue weighted by molar-refractivity contribution is 5.95. The van der Waals surface area contributed by atoms with E-state index in [9.17, 15) is 9.59 Å². The molecule has 114 valence electrons. The van der Waals surface area contributed by atoms with Gasteiger partial charge in [0.2, 0.25) is 0 Å². The Balaban J connectivity index is 1.78. The molecule has 0 fully saturated rings. The van der Waals surface area contributed by atoms with Gasteiger partial charge in [0, 0.05) is 36.6 Å². The van der Waals surface area contributed by atoms with Crippen LogP contribution in [0.5, 0.6) is 0 Å². The number of hydrogen-bond donors (Lipinski definition) is 2. The maximum absolute atomic E-state index is 12.0. The number of aromatic nitrogens is 1. The van der Waals surface area contributed by atoms with Crippen LogP contribution in [0, 0.1) is 13.8 Å². The summed E-state index contributed by atoms with van der Waals surface area (Å²) < 4.78 is 0. The zero-order valence-corrected chi connectivity index (χ0v) is 12.7. The highest BCUT2D eigenvalue weighted by Gasteiger charge is 2.07. The fraction of sp³-hybridized carbons (Fsp3) is 0.235. The van der Waals surface area contributed by atoms with Crippen LogP contribution in [-0.4, -0.2) is 29.9 Å². The van der Waals surface area contributed by atoms with Crippen molar-refractivity contribution in [2.75, 3.05) is 13.1 Å². The van der Waals surface area contributed by atoms with Gasteiger partial charge in [0.15, 0.2) is 0 Å². The molecule has 0 saturated carbocycles. The van der Waals surface area contributed by atoms with Crippen molar-refractivity contribution in [1.82, 2.24) is 15.6 Å². The minimum absolute atomic E-state index is 0.138. The zero-order chi connectivity index (χ0) is 15.9. The molecule has 2 N–H and O–H groups in total. The van der Waals surface area contributed by atoms with Gasteiger partial charge in [-0.1, -0.05) is 6.07 Å². The van der Waals surface area contributed by atoms with E-state index >= 15 is 0 Å². The Morgan fingerprint density at radius 1 is 0.864 bits per heavy atom. The SMILES string of the molecule is Cc1ccc(C(=O)NCCNC(=O)c2ccncc2)cc1C. The van der Waals surface area contributed by atoms with Gasteiger partial charge in [-0.2, -0.15) is 0 Å². The number of nitrogens with one attached hydrogen (secondary N) is 2. The Morgan fingerprint density at radius 3 is 2.05 bits per heavy atom. The molecule has 0 bridgehead atoms. The lowest BCUT2D eigenvalue weighted by Gasteiger charge is -2.08. The lowest BCUT2D eigenvalue weighted by molar-refractivity contribution is 0.0927. The number of hydrogen-bond acceptors (Lipinski definition) is 3. The first-order chi connectivity index (χ1) is 10.6. The zero-order valence-electron chi connectivity index (χ0n) is 12.7. The van der Waals surface area contributed by atoms with E-state index in [0.29, 0.717) is 24.2 Å². The van der Waals surface area contributed by atoms with Crippen LogP contribution in [0.3, 0.4) is 0 Å². The Hall–Kier alpha value is -2.69. The lowest BCUT2D eigenvalue weighted by atomic mass is 10.1. The molecule has 0 radical (unpaired) electrons. The van der Waals surface area contributed by atoms with Crippen LogP contribution in [0.1, 0.15) is 31.8 Å². The average molecular weight is 297 g/mol. The normalized spacial score (nSPS) is 10.1. The van der Waals surface area contributed by atoms with Crippen LogP contribution < -0.4 is 10.6 Å².